The second-order valence-electron chi connectivity index (χ2n) is 5.67. The second-order valence-corrected chi connectivity index (χ2v) is 8.05. The van der Waals surface area contributed by atoms with E-state index in [1.165, 1.54) is 6.07 Å². The van der Waals surface area contributed by atoms with E-state index < -0.39 is 0 Å². The molecule has 2 aromatic carbocycles. The van der Waals surface area contributed by atoms with Gasteiger partial charge >= 0.3 is 0 Å². The van der Waals surface area contributed by atoms with Gasteiger partial charge in [-0.2, -0.15) is 0 Å². The Kier molecular flexibility index (Phi) is 10.2. The van der Waals surface area contributed by atoms with Crippen LogP contribution in [0.4, 0.5) is 0 Å². The van der Waals surface area contributed by atoms with E-state index in [0.29, 0.717) is 42.0 Å². The quantitative estimate of drug-likeness (QED) is 0.278. The molecule has 2 aromatic rings. The first-order valence-electron chi connectivity index (χ1n) is 8.64. The molecule has 28 heavy (non-hydrogen) atoms. The van der Waals surface area contributed by atoms with Gasteiger partial charge in [0.25, 0.3) is 0 Å². The molecule has 0 fully saturated rings. The molecule has 8 heteroatoms. The first-order valence-corrected chi connectivity index (χ1v) is 12.0. The first kappa shape index (κ1) is 23.0. The van der Waals surface area contributed by atoms with Gasteiger partial charge in [0.15, 0.2) is 5.78 Å². The zero-order valence-corrected chi connectivity index (χ0v) is 19.9. The van der Waals surface area contributed by atoms with E-state index in [9.17, 15) is 9.90 Å². The predicted octanol–water partition coefficient (Wildman–Crippen LogP) is 5.14. The van der Waals surface area contributed by atoms with Crippen LogP contribution in [-0.4, -0.2) is 46.7 Å². The van der Waals surface area contributed by atoms with Crippen molar-refractivity contribution >= 4 is 53.6 Å². The van der Waals surface area contributed by atoms with Gasteiger partial charge in [-0.3, -0.25) is 4.79 Å². The minimum absolute atomic E-state index is 0.137. The highest BCUT2D eigenvalue weighted by molar-refractivity contribution is 9.09. The molecule has 152 valence electrons. The summed E-state index contributed by atoms with van der Waals surface area (Å²) < 4.78 is 16.7. The van der Waals surface area contributed by atoms with E-state index in [-0.39, 0.29) is 23.5 Å². The highest BCUT2D eigenvalue weighted by Crippen LogP contribution is 2.35. The van der Waals surface area contributed by atoms with Crippen molar-refractivity contribution in [3.05, 3.63) is 47.5 Å². The second kappa shape index (κ2) is 12.3. The van der Waals surface area contributed by atoms with Crippen LogP contribution in [0.15, 0.2) is 36.4 Å². The molecular weight excluding hydrogens is 560 g/mol. The zero-order chi connectivity index (χ0) is 20.4. The summed E-state index contributed by atoms with van der Waals surface area (Å²) in [6.07, 6.45) is 0.137. The van der Waals surface area contributed by atoms with E-state index in [1.807, 2.05) is 24.3 Å². The highest BCUT2D eigenvalue weighted by atomic mass is 79.9. The summed E-state index contributed by atoms with van der Waals surface area (Å²) in [5.41, 5.74) is 0.980. The summed E-state index contributed by atoms with van der Waals surface area (Å²) in [5, 5.41) is 12.4. The zero-order valence-electron chi connectivity index (χ0n) is 15.1. The maximum atomic E-state index is 12.9. The molecule has 0 aliphatic rings. The smallest absolute Gasteiger partial charge is 0.174 e. The summed E-state index contributed by atoms with van der Waals surface area (Å²) in [4.78, 5) is 12.9. The van der Waals surface area contributed by atoms with Gasteiger partial charge < -0.3 is 19.3 Å². The number of hydrogen-bond donors (Lipinski definition) is 1. The minimum atomic E-state index is -0.233. The summed E-state index contributed by atoms with van der Waals surface area (Å²) in [7, 11) is 0. The molecule has 0 unspecified atom stereocenters. The first-order chi connectivity index (χ1) is 13.6. The number of halogens is 3. The third kappa shape index (κ3) is 6.97. The Morgan fingerprint density at radius 2 is 1.39 bits per heavy atom. The van der Waals surface area contributed by atoms with Crippen molar-refractivity contribution in [2.45, 2.75) is 6.42 Å². The van der Waals surface area contributed by atoms with Gasteiger partial charge in [-0.05, 0) is 17.7 Å². The van der Waals surface area contributed by atoms with Crippen molar-refractivity contribution in [1.82, 2.24) is 0 Å². The van der Waals surface area contributed by atoms with Gasteiger partial charge in [-0.1, -0.05) is 59.9 Å². The molecule has 0 saturated carbocycles. The van der Waals surface area contributed by atoms with Crippen molar-refractivity contribution in [1.29, 1.82) is 0 Å². The van der Waals surface area contributed by atoms with Crippen LogP contribution in [0.25, 0.3) is 0 Å². The van der Waals surface area contributed by atoms with E-state index >= 15 is 0 Å². The molecule has 0 aliphatic carbocycles. The summed E-state index contributed by atoms with van der Waals surface area (Å²) in [6.45, 7) is 1.37. The van der Waals surface area contributed by atoms with E-state index in [1.54, 1.807) is 6.07 Å². The Balaban J connectivity index is 2.20. The van der Waals surface area contributed by atoms with Crippen molar-refractivity contribution in [2.24, 2.45) is 0 Å². The largest absolute Gasteiger partial charge is 0.507 e. The molecule has 0 aliphatic heterocycles. The predicted molar refractivity (Wildman–Crippen MR) is 120 cm³/mol. The summed E-state index contributed by atoms with van der Waals surface area (Å²) >= 11 is 9.90. The van der Waals surface area contributed by atoms with Gasteiger partial charge in [-0.15, -0.1) is 0 Å². The maximum absolute atomic E-state index is 12.9. The number of ketones is 1. The lowest BCUT2D eigenvalue weighted by Crippen LogP contribution is -2.09. The summed E-state index contributed by atoms with van der Waals surface area (Å²) in [6, 6.07) is 10.4. The van der Waals surface area contributed by atoms with Crippen LogP contribution < -0.4 is 14.2 Å². The Hall–Kier alpha value is -1.25. The number of carbonyl (C=O) groups excluding carboxylic acids is 1. The van der Waals surface area contributed by atoms with Crippen LogP contribution in [-0.2, 0) is 6.42 Å². The lowest BCUT2D eigenvalue weighted by Gasteiger charge is -2.14. The molecule has 0 radical (unpaired) electrons. The Bertz CT molecular complexity index is 765. The Labute approximate surface area is 189 Å². The molecular formula is C20H21Br3O5. The fourth-order valence-corrected chi connectivity index (χ4v) is 2.98. The Morgan fingerprint density at radius 1 is 0.821 bits per heavy atom. The lowest BCUT2D eigenvalue weighted by molar-refractivity contribution is 0.0986. The number of ether oxygens (including phenoxy) is 3. The highest BCUT2D eigenvalue weighted by Gasteiger charge is 2.20. The van der Waals surface area contributed by atoms with Crippen LogP contribution in [0, 0.1) is 0 Å². The van der Waals surface area contributed by atoms with Crippen molar-refractivity contribution in [3.63, 3.8) is 0 Å². The van der Waals surface area contributed by atoms with Crippen molar-refractivity contribution in [2.75, 3.05) is 35.8 Å². The topological polar surface area (TPSA) is 65.0 Å². The normalized spacial score (nSPS) is 10.5. The molecule has 1 N–H and O–H groups in total. The van der Waals surface area contributed by atoms with E-state index in [4.69, 9.17) is 14.2 Å². The number of benzene rings is 2. The van der Waals surface area contributed by atoms with Crippen molar-refractivity contribution < 1.29 is 24.1 Å². The number of phenolic OH excluding ortho intramolecular Hbond substituents is 1. The molecule has 0 spiro atoms. The standard InChI is InChI=1S/C20H21Br3O5/c21-5-8-26-15-3-1-14(2-4-15)11-17(24)20-18(25)12-16(27-9-6-22)13-19(20)28-10-7-23/h1-4,12-13,25H,5-11H2. The van der Waals surface area contributed by atoms with Crippen LogP contribution >= 0.6 is 47.8 Å². The molecule has 0 atom stereocenters. The SMILES string of the molecule is O=C(Cc1ccc(OCCBr)cc1)c1c(O)cc(OCCBr)cc1OCCBr. The monoisotopic (exact) mass is 578 g/mol. The van der Waals surface area contributed by atoms with Gasteiger partial charge in [0.1, 0.15) is 28.6 Å². The number of rotatable bonds is 12. The fraction of sp³-hybridized carbons (Fsp3) is 0.350. The average molecular weight is 581 g/mol. The molecule has 0 aromatic heterocycles. The molecule has 0 heterocycles. The van der Waals surface area contributed by atoms with Crippen LogP contribution in [0.1, 0.15) is 15.9 Å². The van der Waals surface area contributed by atoms with Gasteiger partial charge in [0.05, 0.1) is 19.8 Å². The number of alkyl halides is 3. The van der Waals surface area contributed by atoms with Crippen LogP contribution in [0.5, 0.6) is 23.0 Å². The molecule has 2 rings (SSSR count). The summed E-state index contributed by atoms with van der Waals surface area (Å²) in [5.74, 6) is 1.12. The number of carbonyl (C=O) groups is 1. The van der Waals surface area contributed by atoms with E-state index in [0.717, 1.165) is 16.6 Å². The fourth-order valence-electron chi connectivity index (χ4n) is 2.49. The van der Waals surface area contributed by atoms with E-state index in [2.05, 4.69) is 47.8 Å². The van der Waals surface area contributed by atoms with Gasteiger partial charge in [-0.25, -0.2) is 0 Å². The molecule has 0 bridgehead atoms. The minimum Gasteiger partial charge on any atom is -0.507 e. The molecule has 0 amide bonds. The van der Waals surface area contributed by atoms with Crippen LogP contribution in [0.2, 0.25) is 0 Å². The third-order valence-corrected chi connectivity index (χ3v) is 4.62. The average Bonchev–Trinajstić information content (AvgIpc) is 2.69. The number of Topliss-reactive ketones (excluding diaryl/α,β-unsaturated/α-hetero) is 1. The van der Waals surface area contributed by atoms with Crippen molar-refractivity contribution in [3.8, 4) is 23.0 Å². The molecule has 5 nitrogen and oxygen atoms in total. The van der Waals surface area contributed by atoms with Gasteiger partial charge in [0.2, 0.25) is 0 Å². The number of phenols is 1. The van der Waals surface area contributed by atoms with Gasteiger partial charge in [0, 0.05) is 34.5 Å². The maximum Gasteiger partial charge on any atom is 0.174 e. The third-order valence-electron chi connectivity index (χ3n) is 3.65. The molecule has 0 saturated heterocycles. The Morgan fingerprint density at radius 3 is 2.00 bits per heavy atom. The number of hydrogen-bond acceptors (Lipinski definition) is 5. The lowest BCUT2D eigenvalue weighted by atomic mass is 10.0. The van der Waals surface area contributed by atoms with Crippen LogP contribution in [0.3, 0.4) is 0 Å². The number of aromatic hydroxyl groups is 1.